The summed E-state index contributed by atoms with van der Waals surface area (Å²) in [7, 11) is 0. The molecule has 2 aliphatic heterocycles. The summed E-state index contributed by atoms with van der Waals surface area (Å²) in [6.07, 6.45) is 3.39. The Morgan fingerprint density at radius 2 is 2.08 bits per heavy atom. The van der Waals surface area contributed by atoms with Crippen molar-refractivity contribution in [1.82, 2.24) is 9.88 Å². The zero-order valence-electron chi connectivity index (χ0n) is 14.0. The summed E-state index contributed by atoms with van der Waals surface area (Å²) in [6, 6.07) is 12.7. The number of primary amides is 1. The maximum Gasteiger partial charge on any atom is 0.252 e. The third-order valence-corrected chi connectivity index (χ3v) is 5.05. The van der Waals surface area contributed by atoms with Crippen molar-refractivity contribution in [2.75, 3.05) is 31.1 Å². The van der Waals surface area contributed by atoms with Crippen molar-refractivity contribution < 1.29 is 9.53 Å². The first kappa shape index (κ1) is 16.1. The van der Waals surface area contributed by atoms with Crippen molar-refractivity contribution >= 4 is 11.6 Å². The van der Waals surface area contributed by atoms with Crippen LogP contribution in [0.1, 0.15) is 15.9 Å². The molecule has 4 rings (SSSR count). The second kappa shape index (κ2) is 6.82. The molecule has 0 bridgehead atoms. The van der Waals surface area contributed by atoms with Crippen LogP contribution in [0.15, 0.2) is 48.8 Å². The number of carbonyl (C=O) groups excluding carboxylic acids is 1. The minimum absolute atomic E-state index is 0.145. The zero-order valence-corrected chi connectivity index (χ0v) is 14.0. The van der Waals surface area contributed by atoms with E-state index in [9.17, 15) is 4.79 Å². The van der Waals surface area contributed by atoms with E-state index in [1.807, 2.05) is 12.1 Å². The average Bonchev–Trinajstić information content (AvgIpc) is 3.08. The Hall–Kier alpha value is -2.44. The van der Waals surface area contributed by atoms with Crippen LogP contribution in [0.5, 0.6) is 0 Å². The van der Waals surface area contributed by atoms with Crippen molar-refractivity contribution in [3.63, 3.8) is 0 Å². The Balaban J connectivity index is 1.54. The second-order valence-electron chi connectivity index (χ2n) is 6.59. The van der Waals surface area contributed by atoms with Crippen molar-refractivity contribution in [3.05, 3.63) is 59.9 Å². The molecule has 2 aliphatic rings. The molecular formula is C19H22N4O2. The van der Waals surface area contributed by atoms with Gasteiger partial charge in [0.15, 0.2) is 0 Å². The van der Waals surface area contributed by atoms with Crippen LogP contribution in [0.3, 0.4) is 0 Å². The van der Waals surface area contributed by atoms with Crippen LogP contribution in [-0.2, 0) is 11.3 Å². The topological polar surface area (TPSA) is 71.7 Å². The largest absolute Gasteiger partial charge is 0.373 e. The minimum Gasteiger partial charge on any atom is -0.373 e. The lowest BCUT2D eigenvalue weighted by Gasteiger charge is -2.36. The predicted octanol–water partition coefficient (Wildman–Crippen LogP) is 1.27. The van der Waals surface area contributed by atoms with E-state index in [2.05, 4.69) is 39.0 Å². The second-order valence-corrected chi connectivity index (χ2v) is 6.59. The van der Waals surface area contributed by atoms with Gasteiger partial charge in [0, 0.05) is 38.6 Å². The number of benzene rings is 1. The standard InChI is InChI=1S/C19H22N4O2/c20-19(24)15-10-21-7-6-16(15)23-12-17-18(13-23)25-9-8-22(17)11-14-4-2-1-3-5-14/h1-7,10,17-18H,8-9,11-13H2,(H2,20,24). The van der Waals surface area contributed by atoms with Crippen LogP contribution in [0.2, 0.25) is 0 Å². The number of amides is 1. The molecule has 1 aromatic carbocycles. The Labute approximate surface area is 147 Å². The van der Waals surface area contributed by atoms with Gasteiger partial charge >= 0.3 is 0 Å². The van der Waals surface area contributed by atoms with Crippen LogP contribution in [0.4, 0.5) is 5.69 Å². The number of morpholine rings is 1. The van der Waals surface area contributed by atoms with E-state index in [-0.39, 0.29) is 6.10 Å². The van der Waals surface area contributed by atoms with E-state index in [0.29, 0.717) is 11.6 Å². The number of aromatic nitrogens is 1. The molecule has 1 amide bonds. The smallest absolute Gasteiger partial charge is 0.252 e. The van der Waals surface area contributed by atoms with Crippen LogP contribution >= 0.6 is 0 Å². The first-order chi connectivity index (χ1) is 12.2. The van der Waals surface area contributed by atoms with Gasteiger partial charge in [0.1, 0.15) is 0 Å². The highest BCUT2D eigenvalue weighted by atomic mass is 16.5. The SMILES string of the molecule is NC(=O)c1cnccc1N1CC2OCCN(Cc3ccccc3)C2C1. The molecule has 2 aromatic rings. The first-order valence-electron chi connectivity index (χ1n) is 8.61. The highest BCUT2D eigenvalue weighted by Gasteiger charge is 2.40. The van der Waals surface area contributed by atoms with Crippen molar-refractivity contribution in [1.29, 1.82) is 0 Å². The monoisotopic (exact) mass is 338 g/mol. The van der Waals surface area contributed by atoms with E-state index < -0.39 is 5.91 Å². The van der Waals surface area contributed by atoms with Crippen LogP contribution in [0, 0.1) is 0 Å². The van der Waals surface area contributed by atoms with Crippen LogP contribution in [0.25, 0.3) is 0 Å². The number of nitrogens with zero attached hydrogens (tertiary/aromatic N) is 3. The maximum atomic E-state index is 11.7. The Kier molecular flexibility index (Phi) is 4.38. The maximum absolute atomic E-state index is 11.7. The predicted molar refractivity (Wildman–Crippen MR) is 95.3 cm³/mol. The molecule has 0 aliphatic carbocycles. The lowest BCUT2D eigenvalue weighted by atomic mass is 10.1. The molecule has 2 atom stereocenters. The number of hydrogen-bond acceptors (Lipinski definition) is 5. The summed E-state index contributed by atoms with van der Waals surface area (Å²) in [6.45, 7) is 4.16. The lowest BCUT2D eigenvalue weighted by molar-refractivity contribution is -0.0499. The quantitative estimate of drug-likeness (QED) is 0.909. The third kappa shape index (κ3) is 3.23. The summed E-state index contributed by atoms with van der Waals surface area (Å²) >= 11 is 0. The van der Waals surface area contributed by atoms with Gasteiger partial charge < -0.3 is 15.4 Å². The molecule has 2 fully saturated rings. The van der Waals surface area contributed by atoms with E-state index in [1.54, 1.807) is 12.4 Å². The fourth-order valence-corrected chi connectivity index (χ4v) is 3.82. The molecule has 2 unspecified atom stereocenters. The van der Waals surface area contributed by atoms with E-state index in [1.165, 1.54) is 5.56 Å². The van der Waals surface area contributed by atoms with Gasteiger partial charge in [-0.2, -0.15) is 0 Å². The Morgan fingerprint density at radius 1 is 1.24 bits per heavy atom. The number of ether oxygens (including phenoxy) is 1. The van der Waals surface area contributed by atoms with Gasteiger partial charge in [0.05, 0.1) is 30.0 Å². The van der Waals surface area contributed by atoms with Gasteiger partial charge in [0.2, 0.25) is 0 Å². The van der Waals surface area contributed by atoms with E-state index >= 15 is 0 Å². The molecular weight excluding hydrogens is 316 g/mol. The van der Waals surface area contributed by atoms with E-state index in [4.69, 9.17) is 10.5 Å². The summed E-state index contributed by atoms with van der Waals surface area (Å²) < 4.78 is 6.01. The summed E-state index contributed by atoms with van der Waals surface area (Å²) in [5.74, 6) is -0.444. The van der Waals surface area contributed by atoms with E-state index in [0.717, 1.165) is 38.5 Å². The highest BCUT2D eigenvalue weighted by Crippen LogP contribution is 2.30. The minimum atomic E-state index is -0.444. The molecule has 25 heavy (non-hydrogen) atoms. The number of carbonyl (C=O) groups is 1. The third-order valence-electron chi connectivity index (χ3n) is 5.05. The molecule has 3 heterocycles. The molecule has 2 N–H and O–H groups in total. The van der Waals surface area contributed by atoms with Crippen LogP contribution in [-0.4, -0.2) is 54.2 Å². The summed E-state index contributed by atoms with van der Waals surface area (Å²) in [5.41, 5.74) is 8.14. The molecule has 130 valence electrons. The molecule has 0 saturated carbocycles. The number of fused-ring (bicyclic) bond motifs is 1. The fourth-order valence-electron chi connectivity index (χ4n) is 3.82. The fraction of sp³-hybridized carbons (Fsp3) is 0.368. The molecule has 0 spiro atoms. The van der Waals surface area contributed by atoms with Gasteiger partial charge in [-0.25, -0.2) is 0 Å². The Bertz CT molecular complexity index is 752. The van der Waals surface area contributed by atoms with Gasteiger partial charge in [-0.1, -0.05) is 30.3 Å². The molecule has 1 aromatic heterocycles. The number of rotatable bonds is 4. The molecule has 0 radical (unpaired) electrons. The molecule has 6 heteroatoms. The van der Waals surface area contributed by atoms with Gasteiger partial charge in [-0.3, -0.25) is 14.7 Å². The Morgan fingerprint density at radius 3 is 2.88 bits per heavy atom. The summed E-state index contributed by atoms with van der Waals surface area (Å²) in [4.78, 5) is 20.4. The van der Waals surface area contributed by atoms with Gasteiger partial charge in [0.25, 0.3) is 5.91 Å². The van der Waals surface area contributed by atoms with Crippen molar-refractivity contribution in [2.24, 2.45) is 5.73 Å². The number of anilines is 1. The van der Waals surface area contributed by atoms with Crippen molar-refractivity contribution in [2.45, 2.75) is 18.7 Å². The average molecular weight is 338 g/mol. The van der Waals surface area contributed by atoms with Gasteiger partial charge in [-0.15, -0.1) is 0 Å². The normalized spacial score (nSPS) is 23.4. The van der Waals surface area contributed by atoms with Crippen LogP contribution < -0.4 is 10.6 Å². The van der Waals surface area contributed by atoms with Crippen molar-refractivity contribution in [3.8, 4) is 0 Å². The highest BCUT2D eigenvalue weighted by molar-refractivity contribution is 5.98. The molecule has 2 saturated heterocycles. The lowest BCUT2D eigenvalue weighted by Crippen LogP contribution is -2.50. The van der Waals surface area contributed by atoms with Gasteiger partial charge in [-0.05, 0) is 11.6 Å². The zero-order chi connectivity index (χ0) is 17.2. The first-order valence-corrected chi connectivity index (χ1v) is 8.61. The summed E-state index contributed by atoms with van der Waals surface area (Å²) in [5, 5.41) is 0. The number of nitrogens with two attached hydrogens (primary N) is 1. The molecule has 6 nitrogen and oxygen atoms in total. The number of pyridine rings is 1. The number of hydrogen-bond donors (Lipinski definition) is 1.